The van der Waals surface area contributed by atoms with Crippen LogP contribution in [-0.2, 0) is 21.4 Å². The monoisotopic (exact) mass is 499 g/mol. The quantitative estimate of drug-likeness (QED) is 0.503. The van der Waals surface area contributed by atoms with E-state index in [0.717, 1.165) is 16.8 Å². The van der Waals surface area contributed by atoms with Crippen molar-refractivity contribution in [1.29, 1.82) is 0 Å². The molecule has 1 aromatic heterocycles. The highest BCUT2D eigenvalue weighted by Gasteiger charge is 2.39. The minimum atomic E-state index is -3.89. The lowest BCUT2D eigenvalue weighted by Crippen LogP contribution is -2.53. The van der Waals surface area contributed by atoms with E-state index >= 15 is 0 Å². The molecule has 0 spiro atoms. The van der Waals surface area contributed by atoms with E-state index in [1.165, 1.54) is 4.31 Å². The molecular weight excluding hydrogens is 470 g/mol. The van der Waals surface area contributed by atoms with E-state index < -0.39 is 21.6 Å². The van der Waals surface area contributed by atoms with Gasteiger partial charge in [0.2, 0.25) is 15.9 Å². The van der Waals surface area contributed by atoms with Gasteiger partial charge in [0.25, 0.3) is 0 Å². The largest absolute Gasteiger partial charge is 0.348 e. The van der Waals surface area contributed by atoms with Gasteiger partial charge in [-0.05, 0) is 63.6 Å². The number of sulfonamides is 1. The zero-order valence-corrected chi connectivity index (χ0v) is 21.5. The van der Waals surface area contributed by atoms with Crippen LogP contribution in [0.5, 0.6) is 0 Å². The molecule has 0 N–H and O–H groups in total. The molecule has 1 aliphatic rings. The van der Waals surface area contributed by atoms with E-state index in [1.807, 2.05) is 49.5 Å². The number of aromatic nitrogens is 1. The van der Waals surface area contributed by atoms with Crippen LogP contribution in [0, 0.1) is 6.92 Å². The van der Waals surface area contributed by atoms with E-state index in [-0.39, 0.29) is 17.3 Å². The van der Waals surface area contributed by atoms with E-state index in [1.54, 1.807) is 49.9 Å². The number of hydrogen-bond donors (Lipinski definition) is 0. The summed E-state index contributed by atoms with van der Waals surface area (Å²) < 4.78 is 30.6. The summed E-state index contributed by atoms with van der Waals surface area (Å²) >= 11 is 6.55. The van der Waals surface area contributed by atoms with E-state index in [9.17, 15) is 13.2 Å². The Bertz CT molecular complexity index is 1290. The van der Waals surface area contributed by atoms with Gasteiger partial charge in [-0.25, -0.2) is 8.42 Å². The Hall–Kier alpha value is -2.61. The highest BCUT2D eigenvalue weighted by molar-refractivity contribution is 7.89. The molecular formula is C26H30ClN3O3S. The van der Waals surface area contributed by atoms with Gasteiger partial charge in [-0.1, -0.05) is 47.5 Å². The summed E-state index contributed by atoms with van der Waals surface area (Å²) in [5.74, 6) is -0.261. The molecule has 180 valence electrons. The van der Waals surface area contributed by atoms with Gasteiger partial charge < -0.3 is 9.47 Å². The SMILES string of the molecule is Cc1ccc(S(=O)(=O)N(CC(=O)N2CCn3cccc3C2c2ccccc2Cl)C(C)(C)C)cc1. The van der Waals surface area contributed by atoms with Crippen molar-refractivity contribution in [3.63, 3.8) is 0 Å². The van der Waals surface area contributed by atoms with Gasteiger partial charge in [-0.15, -0.1) is 0 Å². The van der Waals surface area contributed by atoms with Crippen LogP contribution >= 0.6 is 11.6 Å². The molecule has 0 aliphatic carbocycles. The van der Waals surface area contributed by atoms with E-state index in [0.29, 0.717) is 18.1 Å². The standard InChI is InChI=1S/C26H30ClN3O3S/c1-19-11-13-20(14-12-19)34(32,33)30(26(2,3)4)18-24(31)29-17-16-28-15-7-10-23(28)25(29)21-8-5-6-9-22(21)27/h5-15,25H,16-18H2,1-4H3. The van der Waals surface area contributed by atoms with Crippen LogP contribution in [0.15, 0.2) is 71.8 Å². The van der Waals surface area contributed by atoms with Crippen molar-refractivity contribution in [3.05, 3.63) is 88.7 Å². The third-order valence-corrected chi connectivity index (χ3v) is 8.66. The second kappa shape index (κ2) is 9.21. The lowest BCUT2D eigenvalue weighted by molar-refractivity contribution is -0.134. The van der Waals surface area contributed by atoms with Crippen molar-refractivity contribution >= 4 is 27.5 Å². The number of fused-ring (bicyclic) bond motifs is 1. The summed E-state index contributed by atoms with van der Waals surface area (Å²) in [5.41, 5.74) is 1.95. The first-order chi connectivity index (χ1) is 16.0. The fraction of sp³-hybridized carbons (Fsp3) is 0.346. The molecule has 0 saturated heterocycles. The second-order valence-electron chi connectivity index (χ2n) is 9.63. The number of amides is 1. The van der Waals surface area contributed by atoms with Gasteiger partial charge in [-0.3, -0.25) is 4.79 Å². The van der Waals surface area contributed by atoms with Crippen molar-refractivity contribution in [2.45, 2.75) is 50.7 Å². The fourth-order valence-electron chi connectivity index (χ4n) is 4.41. The Kier molecular flexibility index (Phi) is 6.64. The van der Waals surface area contributed by atoms with E-state index in [4.69, 9.17) is 11.6 Å². The summed E-state index contributed by atoms with van der Waals surface area (Å²) in [4.78, 5) is 15.7. The lowest BCUT2D eigenvalue weighted by Gasteiger charge is -2.40. The summed E-state index contributed by atoms with van der Waals surface area (Å²) in [7, 11) is -3.89. The summed E-state index contributed by atoms with van der Waals surface area (Å²) in [6.07, 6.45) is 1.99. The number of halogens is 1. The summed E-state index contributed by atoms with van der Waals surface area (Å²) in [6, 6.07) is 17.7. The molecule has 0 bridgehead atoms. The highest BCUT2D eigenvalue weighted by Crippen LogP contribution is 2.36. The molecule has 0 radical (unpaired) electrons. The molecule has 0 fully saturated rings. The first-order valence-corrected chi connectivity index (χ1v) is 13.1. The molecule has 1 amide bonds. The molecule has 1 aliphatic heterocycles. The van der Waals surface area contributed by atoms with Crippen LogP contribution in [0.3, 0.4) is 0 Å². The van der Waals surface area contributed by atoms with Crippen LogP contribution in [0.1, 0.15) is 43.6 Å². The number of hydrogen-bond acceptors (Lipinski definition) is 3. The maximum absolute atomic E-state index is 13.8. The molecule has 3 aromatic rings. The van der Waals surface area contributed by atoms with Crippen molar-refractivity contribution in [2.24, 2.45) is 0 Å². The average molecular weight is 500 g/mol. The second-order valence-corrected chi connectivity index (χ2v) is 11.9. The Morgan fingerprint density at radius 2 is 1.71 bits per heavy atom. The Labute approximate surface area is 206 Å². The molecule has 6 nitrogen and oxygen atoms in total. The summed E-state index contributed by atoms with van der Waals surface area (Å²) in [6.45, 7) is 8.15. The Morgan fingerprint density at radius 1 is 1.03 bits per heavy atom. The van der Waals surface area contributed by atoms with Gasteiger partial charge in [0.05, 0.1) is 17.5 Å². The molecule has 0 saturated carbocycles. The van der Waals surface area contributed by atoms with Crippen molar-refractivity contribution in [3.8, 4) is 0 Å². The maximum atomic E-state index is 13.8. The number of nitrogens with zero attached hydrogens (tertiary/aromatic N) is 3. The van der Waals surface area contributed by atoms with Crippen molar-refractivity contribution in [2.75, 3.05) is 13.1 Å². The number of benzene rings is 2. The normalized spacial score (nSPS) is 16.5. The Morgan fingerprint density at radius 3 is 2.35 bits per heavy atom. The minimum Gasteiger partial charge on any atom is -0.348 e. The molecule has 1 unspecified atom stereocenters. The van der Waals surface area contributed by atoms with Crippen molar-refractivity contribution in [1.82, 2.24) is 13.8 Å². The summed E-state index contributed by atoms with van der Waals surface area (Å²) in [5, 5.41) is 0.569. The van der Waals surface area contributed by atoms with Gasteiger partial charge in [-0.2, -0.15) is 4.31 Å². The molecule has 2 aromatic carbocycles. The number of carbonyl (C=O) groups excluding carboxylic acids is 1. The maximum Gasteiger partial charge on any atom is 0.244 e. The van der Waals surface area contributed by atoms with Gasteiger partial charge in [0.15, 0.2) is 0 Å². The predicted molar refractivity (Wildman–Crippen MR) is 134 cm³/mol. The van der Waals surface area contributed by atoms with Crippen molar-refractivity contribution < 1.29 is 13.2 Å². The van der Waals surface area contributed by atoms with Crippen LogP contribution in [0.4, 0.5) is 0 Å². The smallest absolute Gasteiger partial charge is 0.244 e. The number of aryl methyl sites for hydroxylation is 1. The average Bonchev–Trinajstić information content (AvgIpc) is 3.25. The Balaban J connectivity index is 1.71. The van der Waals surface area contributed by atoms with Crippen LogP contribution < -0.4 is 0 Å². The molecule has 1 atom stereocenters. The lowest BCUT2D eigenvalue weighted by atomic mass is 9.99. The third-order valence-electron chi connectivity index (χ3n) is 6.19. The van der Waals surface area contributed by atoms with Crippen LogP contribution in [0.2, 0.25) is 5.02 Å². The zero-order chi connectivity index (χ0) is 24.7. The molecule has 34 heavy (non-hydrogen) atoms. The first-order valence-electron chi connectivity index (χ1n) is 11.3. The molecule has 2 heterocycles. The van der Waals surface area contributed by atoms with E-state index in [2.05, 4.69) is 4.57 Å². The molecule has 8 heteroatoms. The third kappa shape index (κ3) is 4.65. The minimum absolute atomic E-state index is 0.177. The zero-order valence-electron chi connectivity index (χ0n) is 19.9. The predicted octanol–water partition coefficient (Wildman–Crippen LogP) is 4.87. The first kappa shape index (κ1) is 24.5. The highest BCUT2D eigenvalue weighted by atomic mass is 35.5. The van der Waals surface area contributed by atoms with Gasteiger partial charge in [0, 0.05) is 35.5 Å². The number of rotatable bonds is 5. The van der Waals surface area contributed by atoms with Crippen LogP contribution in [0.25, 0.3) is 0 Å². The van der Waals surface area contributed by atoms with Gasteiger partial charge in [0.1, 0.15) is 0 Å². The van der Waals surface area contributed by atoms with Crippen LogP contribution in [-0.4, -0.2) is 46.7 Å². The van der Waals surface area contributed by atoms with Gasteiger partial charge >= 0.3 is 0 Å². The topological polar surface area (TPSA) is 62.6 Å². The molecule has 4 rings (SSSR count). The fourth-order valence-corrected chi connectivity index (χ4v) is 6.39. The number of carbonyl (C=O) groups is 1.